The van der Waals surface area contributed by atoms with Crippen molar-refractivity contribution in [2.75, 3.05) is 0 Å². The van der Waals surface area contributed by atoms with E-state index in [1.807, 2.05) is 0 Å². The number of aliphatic hydroxyl groups excluding tert-OH is 1. The first kappa shape index (κ1) is 13.0. The molecule has 0 aliphatic carbocycles. The maximum Gasteiger partial charge on any atom is 0.125 e. The van der Waals surface area contributed by atoms with Gasteiger partial charge in [-0.3, -0.25) is 0 Å². The molecule has 2 aromatic rings. The van der Waals surface area contributed by atoms with Gasteiger partial charge in [-0.25, -0.2) is 8.78 Å². The molecule has 0 aromatic heterocycles. The van der Waals surface area contributed by atoms with E-state index >= 15 is 0 Å². The fourth-order valence-corrected chi connectivity index (χ4v) is 1.96. The Bertz CT molecular complexity index is 520. The third-order valence-corrected chi connectivity index (χ3v) is 2.83. The Morgan fingerprint density at radius 3 is 2.28 bits per heavy atom. The molecule has 1 atom stereocenters. The Balaban J connectivity index is 2.16. The monoisotopic (exact) mass is 268 g/mol. The van der Waals surface area contributed by atoms with Gasteiger partial charge in [0.25, 0.3) is 0 Å². The van der Waals surface area contributed by atoms with Gasteiger partial charge in [0.05, 0.1) is 6.10 Å². The summed E-state index contributed by atoms with van der Waals surface area (Å²) in [4.78, 5) is 0. The van der Waals surface area contributed by atoms with Gasteiger partial charge in [-0.1, -0.05) is 23.7 Å². The van der Waals surface area contributed by atoms with E-state index in [0.717, 1.165) is 5.56 Å². The fourth-order valence-electron chi connectivity index (χ4n) is 1.73. The highest BCUT2D eigenvalue weighted by molar-refractivity contribution is 6.30. The molecule has 94 valence electrons. The molecule has 0 aliphatic heterocycles. The Morgan fingerprint density at radius 2 is 1.67 bits per heavy atom. The largest absolute Gasteiger partial charge is 0.388 e. The van der Waals surface area contributed by atoms with Gasteiger partial charge in [0.1, 0.15) is 11.6 Å². The molecule has 0 aliphatic rings. The average molecular weight is 269 g/mol. The van der Waals surface area contributed by atoms with Crippen LogP contribution in [0.15, 0.2) is 42.5 Å². The second-order valence-electron chi connectivity index (χ2n) is 4.05. The van der Waals surface area contributed by atoms with Gasteiger partial charge in [-0.15, -0.1) is 0 Å². The smallest absolute Gasteiger partial charge is 0.125 e. The molecule has 0 saturated heterocycles. The molecule has 2 rings (SSSR count). The summed E-state index contributed by atoms with van der Waals surface area (Å²) in [5, 5.41) is 10.2. The molecule has 0 saturated carbocycles. The zero-order valence-electron chi connectivity index (χ0n) is 9.41. The van der Waals surface area contributed by atoms with Crippen LogP contribution < -0.4 is 0 Å². The first-order valence-corrected chi connectivity index (χ1v) is 5.81. The van der Waals surface area contributed by atoms with Gasteiger partial charge >= 0.3 is 0 Å². The highest BCUT2D eigenvalue weighted by Crippen LogP contribution is 2.23. The van der Waals surface area contributed by atoms with Crippen LogP contribution in [0.3, 0.4) is 0 Å². The standard InChI is InChI=1S/C14H11ClF2O/c15-11-6-10(7-13(17)8-11)14(18)5-9-1-3-12(16)4-2-9/h1-4,6-8,14,18H,5H2. The normalized spacial score (nSPS) is 12.4. The third kappa shape index (κ3) is 3.28. The predicted molar refractivity (Wildman–Crippen MR) is 66.5 cm³/mol. The van der Waals surface area contributed by atoms with Gasteiger partial charge in [-0.2, -0.15) is 0 Å². The molecule has 18 heavy (non-hydrogen) atoms. The van der Waals surface area contributed by atoms with E-state index in [4.69, 9.17) is 11.6 Å². The molecular formula is C14H11ClF2O. The minimum Gasteiger partial charge on any atom is -0.388 e. The third-order valence-electron chi connectivity index (χ3n) is 2.61. The molecule has 0 amide bonds. The SMILES string of the molecule is OC(Cc1ccc(F)cc1)c1cc(F)cc(Cl)c1. The maximum atomic E-state index is 13.1. The van der Waals surface area contributed by atoms with Crippen LogP contribution in [-0.4, -0.2) is 5.11 Å². The Hall–Kier alpha value is -1.45. The minimum absolute atomic E-state index is 0.239. The van der Waals surface area contributed by atoms with Crippen LogP contribution in [0.1, 0.15) is 17.2 Å². The average Bonchev–Trinajstić information content (AvgIpc) is 2.31. The summed E-state index contributed by atoms with van der Waals surface area (Å²) in [5.74, 6) is -0.822. The molecule has 0 bridgehead atoms. The molecule has 2 aromatic carbocycles. The van der Waals surface area contributed by atoms with Crippen LogP contribution in [0, 0.1) is 11.6 Å². The number of aliphatic hydroxyl groups is 1. The van der Waals surface area contributed by atoms with Crippen LogP contribution >= 0.6 is 11.6 Å². The first-order valence-electron chi connectivity index (χ1n) is 5.43. The Morgan fingerprint density at radius 1 is 1.00 bits per heavy atom. The number of halogens is 3. The lowest BCUT2D eigenvalue weighted by Crippen LogP contribution is -2.02. The molecule has 1 nitrogen and oxygen atoms in total. The highest BCUT2D eigenvalue weighted by atomic mass is 35.5. The zero-order valence-corrected chi connectivity index (χ0v) is 10.2. The van der Waals surface area contributed by atoms with Gasteiger partial charge in [0.15, 0.2) is 0 Å². The van der Waals surface area contributed by atoms with Crippen molar-refractivity contribution < 1.29 is 13.9 Å². The van der Waals surface area contributed by atoms with Gasteiger partial charge < -0.3 is 5.11 Å². The maximum absolute atomic E-state index is 13.1. The summed E-state index contributed by atoms with van der Waals surface area (Å²) < 4.78 is 25.9. The molecule has 1 N–H and O–H groups in total. The van der Waals surface area contributed by atoms with E-state index in [1.54, 1.807) is 12.1 Å². The van der Waals surface area contributed by atoms with Gasteiger partial charge in [-0.05, 0) is 41.5 Å². The molecule has 0 radical (unpaired) electrons. The van der Waals surface area contributed by atoms with Crippen LogP contribution in [-0.2, 0) is 6.42 Å². The lowest BCUT2D eigenvalue weighted by Gasteiger charge is -2.11. The van der Waals surface area contributed by atoms with Crippen molar-refractivity contribution in [1.29, 1.82) is 0 Å². The van der Waals surface area contributed by atoms with Crippen molar-refractivity contribution in [3.05, 3.63) is 70.2 Å². The zero-order chi connectivity index (χ0) is 13.1. The fraction of sp³-hybridized carbons (Fsp3) is 0.143. The molecular weight excluding hydrogens is 258 g/mol. The highest BCUT2D eigenvalue weighted by Gasteiger charge is 2.11. The molecule has 4 heteroatoms. The summed E-state index contributed by atoms with van der Waals surface area (Å²) in [6.45, 7) is 0. The molecule has 1 unspecified atom stereocenters. The Kier molecular flexibility index (Phi) is 3.94. The van der Waals surface area contributed by atoms with Gasteiger partial charge in [0.2, 0.25) is 0 Å². The van der Waals surface area contributed by atoms with Crippen LogP contribution in [0.5, 0.6) is 0 Å². The second-order valence-corrected chi connectivity index (χ2v) is 4.49. The lowest BCUT2D eigenvalue weighted by atomic mass is 10.0. The summed E-state index contributed by atoms with van der Waals surface area (Å²) in [5.41, 5.74) is 1.17. The van der Waals surface area contributed by atoms with E-state index in [-0.39, 0.29) is 17.3 Å². The van der Waals surface area contributed by atoms with Crippen molar-refractivity contribution in [3.8, 4) is 0 Å². The van der Waals surface area contributed by atoms with Crippen molar-refractivity contribution >= 4 is 11.6 Å². The Labute approximate surface area is 109 Å². The van der Waals surface area contributed by atoms with E-state index in [9.17, 15) is 13.9 Å². The van der Waals surface area contributed by atoms with Crippen molar-refractivity contribution in [1.82, 2.24) is 0 Å². The topological polar surface area (TPSA) is 20.2 Å². The quantitative estimate of drug-likeness (QED) is 0.895. The number of benzene rings is 2. The number of hydrogen-bond donors (Lipinski definition) is 1. The van der Waals surface area contributed by atoms with E-state index < -0.39 is 11.9 Å². The van der Waals surface area contributed by atoms with Crippen LogP contribution in [0.25, 0.3) is 0 Å². The summed E-state index contributed by atoms with van der Waals surface area (Å²) in [7, 11) is 0. The molecule has 0 spiro atoms. The minimum atomic E-state index is -0.872. The lowest BCUT2D eigenvalue weighted by molar-refractivity contribution is 0.178. The van der Waals surface area contributed by atoms with Crippen LogP contribution in [0.2, 0.25) is 5.02 Å². The number of hydrogen-bond acceptors (Lipinski definition) is 1. The molecule has 0 fully saturated rings. The van der Waals surface area contributed by atoms with Crippen molar-refractivity contribution in [2.24, 2.45) is 0 Å². The van der Waals surface area contributed by atoms with Crippen LogP contribution in [0.4, 0.5) is 8.78 Å². The van der Waals surface area contributed by atoms with E-state index in [2.05, 4.69) is 0 Å². The first-order chi connectivity index (χ1) is 8.54. The van der Waals surface area contributed by atoms with E-state index in [1.165, 1.54) is 30.3 Å². The van der Waals surface area contributed by atoms with Crippen molar-refractivity contribution in [3.63, 3.8) is 0 Å². The summed E-state index contributed by atoms with van der Waals surface area (Å²) in [6, 6.07) is 9.73. The summed E-state index contributed by atoms with van der Waals surface area (Å²) in [6.07, 6.45) is -0.594. The van der Waals surface area contributed by atoms with E-state index in [0.29, 0.717) is 5.56 Å². The molecule has 0 heterocycles. The van der Waals surface area contributed by atoms with Crippen molar-refractivity contribution in [2.45, 2.75) is 12.5 Å². The number of rotatable bonds is 3. The second kappa shape index (κ2) is 5.46. The predicted octanol–water partition coefficient (Wildman–Crippen LogP) is 3.89. The summed E-state index contributed by atoms with van der Waals surface area (Å²) >= 11 is 5.72. The van der Waals surface area contributed by atoms with Gasteiger partial charge in [0, 0.05) is 11.4 Å².